The van der Waals surface area contributed by atoms with Crippen molar-refractivity contribution < 1.29 is 13.9 Å². The number of rotatable bonds is 2. The molecule has 1 aliphatic heterocycles. The lowest BCUT2D eigenvalue weighted by Crippen LogP contribution is -2.05. The zero-order valence-electron chi connectivity index (χ0n) is 11.9. The number of methoxy groups -OCH3 is 1. The second kappa shape index (κ2) is 5.15. The summed E-state index contributed by atoms with van der Waals surface area (Å²) >= 11 is 5.81. The van der Waals surface area contributed by atoms with Gasteiger partial charge < -0.3 is 9.47 Å². The van der Waals surface area contributed by atoms with E-state index in [2.05, 4.69) is 9.97 Å². The van der Waals surface area contributed by atoms with E-state index in [1.54, 1.807) is 14.0 Å². The van der Waals surface area contributed by atoms with E-state index in [0.29, 0.717) is 17.1 Å². The maximum absolute atomic E-state index is 13.6. The molecular formula is C15H14ClFN2O2. The largest absolute Gasteiger partial charge is 0.496 e. The minimum atomic E-state index is -0.606. The first-order valence-electron chi connectivity index (χ1n) is 6.57. The van der Waals surface area contributed by atoms with E-state index in [1.165, 1.54) is 0 Å². The van der Waals surface area contributed by atoms with E-state index in [-0.39, 0.29) is 17.0 Å². The highest BCUT2D eigenvalue weighted by molar-refractivity contribution is 6.29. The fraction of sp³-hybridized carbons (Fsp3) is 0.333. The van der Waals surface area contributed by atoms with Crippen molar-refractivity contribution in [1.82, 2.24) is 9.97 Å². The van der Waals surface area contributed by atoms with Crippen molar-refractivity contribution in [1.29, 1.82) is 0 Å². The molecule has 0 N–H and O–H groups in total. The Morgan fingerprint density at radius 3 is 2.81 bits per heavy atom. The first kappa shape index (κ1) is 14.1. The number of halogens is 2. The molecule has 0 amide bonds. The highest BCUT2D eigenvalue weighted by Gasteiger charge is 2.23. The molecule has 0 aliphatic carbocycles. The molecule has 0 spiro atoms. The third kappa shape index (κ3) is 2.42. The molecule has 1 unspecified atom stereocenters. The molecule has 0 fully saturated rings. The number of nitrogens with zero attached hydrogens (tertiary/aromatic N) is 2. The van der Waals surface area contributed by atoms with E-state index in [0.717, 1.165) is 17.7 Å². The zero-order chi connectivity index (χ0) is 15.1. The Labute approximate surface area is 126 Å². The van der Waals surface area contributed by atoms with E-state index in [1.807, 2.05) is 19.1 Å². The smallest absolute Gasteiger partial charge is 0.181 e. The van der Waals surface area contributed by atoms with Gasteiger partial charge in [0, 0.05) is 12.0 Å². The molecule has 0 radical (unpaired) electrons. The molecule has 4 nitrogen and oxygen atoms in total. The quantitative estimate of drug-likeness (QED) is 0.796. The molecule has 1 aromatic carbocycles. The summed E-state index contributed by atoms with van der Waals surface area (Å²) < 4.78 is 24.7. The van der Waals surface area contributed by atoms with Crippen molar-refractivity contribution in [2.45, 2.75) is 26.4 Å². The van der Waals surface area contributed by atoms with Crippen molar-refractivity contribution in [3.05, 3.63) is 34.4 Å². The molecule has 1 atom stereocenters. The van der Waals surface area contributed by atoms with Gasteiger partial charge in [0.25, 0.3) is 0 Å². The minimum Gasteiger partial charge on any atom is -0.496 e. The predicted octanol–water partition coefficient (Wildman–Crippen LogP) is 3.58. The summed E-state index contributed by atoms with van der Waals surface area (Å²) in [5.74, 6) is 1.11. The van der Waals surface area contributed by atoms with Gasteiger partial charge in [-0.1, -0.05) is 11.6 Å². The van der Waals surface area contributed by atoms with Crippen LogP contribution in [-0.2, 0) is 6.42 Å². The first-order valence-corrected chi connectivity index (χ1v) is 6.95. The van der Waals surface area contributed by atoms with Crippen LogP contribution < -0.4 is 9.47 Å². The van der Waals surface area contributed by atoms with Crippen molar-refractivity contribution in [2.24, 2.45) is 0 Å². The van der Waals surface area contributed by atoms with Gasteiger partial charge in [0.1, 0.15) is 17.6 Å². The molecule has 110 valence electrons. The number of fused-ring (bicyclic) bond motifs is 1. The van der Waals surface area contributed by atoms with Gasteiger partial charge in [-0.05, 0) is 26.0 Å². The Morgan fingerprint density at radius 1 is 1.38 bits per heavy atom. The molecule has 0 saturated carbocycles. The Morgan fingerprint density at radius 2 is 2.14 bits per heavy atom. The standard InChI is InChI=1S/C15H14ClFN2O2/c1-7-4-9-5-12(20-3)10(6-11(9)21-7)15-18-8(2)13(17)14(16)19-15/h5-7H,4H2,1-3H3. The molecule has 2 aromatic rings. The molecule has 1 aromatic heterocycles. The van der Waals surface area contributed by atoms with Crippen molar-refractivity contribution in [3.8, 4) is 22.9 Å². The van der Waals surface area contributed by atoms with E-state index in [4.69, 9.17) is 21.1 Å². The number of ether oxygens (including phenoxy) is 2. The maximum Gasteiger partial charge on any atom is 0.181 e. The lowest BCUT2D eigenvalue weighted by atomic mass is 10.1. The number of hydrogen-bond donors (Lipinski definition) is 0. The van der Waals surface area contributed by atoms with Gasteiger partial charge in [-0.3, -0.25) is 0 Å². The van der Waals surface area contributed by atoms with Crippen LogP contribution in [-0.4, -0.2) is 23.2 Å². The number of hydrogen-bond acceptors (Lipinski definition) is 4. The highest BCUT2D eigenvalue weighted by Crippen LogP contribution is 2.39. The summed E-state index contributed by atoms with van der Waals surface area (Å²) in [6.45, 7) is 3.55. The second-order valence-corrected chi connectivity index (χ2v) is 5.39. The average molecular weight is 309 g/mol. The SMILES string of the molecule is COc1cc2c(cc1-c1nc(C)c(F)c(Cl)n1)OC(C)C2. The lowest BCUT2D eigenvalue weighted by molar-refractivity contribution is 0.254. The van der Waals surface area contributed by atoms with Gasteiger partial charge in [0.05, 0.1) is 18.4 Å². The molecular weight excluding hydrogens is 295 g/mol. The molecule has 0 bridgehead atoms. The Hall–Kier alpha value is -1.88. The summed E-state index contributed by atoms with van der Waals surface area (Å²) in [5, 5.41) is -0.200. The van der Waals surface area contributed by atoms with Gasteiger partial charge in [-0.15, -0.1) is 0 Å². The first-order chi connectivity index (χ1) is 9.99. The van der Waals surface area contributed by atoms with E-state index < -0.39 is 5.82 Å². The van der Waals surface area contributed by atoms with Crippen molar-refractivity contribution in [2.75, 3.05) is 7.11 Å². The van der Waals surface area contributed by atoms with Crippen molar-refractivity contribution >= 4 is 11.6 Å². The molecule has 6 heteroatoms. The fourth-order valence-corrected chi connectivity index (χ4v) is 2.64. The molecule has 3 rings (SSSR count). The highest BCUT2D eigenvalue weighted by atomic mass is 35.5. The number of benzene rings is 1. The Balaban J connectivity index is 2.16. The lowest BCUT2D eigenvalue weighted by Gasteiger charge is -2.11. The van der Waals surface area contributed by atoms with Gasteiger partial charge >= 0.3 is 0 Å². The topological polar surface area (TPSA) is 44.2 Å². The molecule has 0 saturated heterocycles. The van der Waals surface area contributed by atoms with Crippen LogP contribution in [0.3, 0.4) is 0 Å². The predicted molar refractivity (Wildman–Crippen MR) is 77.5 cm³/mol. The van der Waals surface area contributed by atoms with Crippen LogP contribution in [0, 0.1) is 12.7 Å². The molecule has 2 heterocycles. The van der Waals surface area contributed by atoms with Gasteiger partial charge in [0.15, 0.2) is 16.8 Å². The summed E-state index contributed by atoms with van der Waals surface area (Å²) in [7, 11) is 1.57. The number of aromatic nitrogens is 2. The molecule has 21 heavy (non-hydrogen) atoms. The van der Waals surface area contributed by atoms with Crippen LogP contribution in [0.1, 0.15) is 18.2 Å². The van der Waals surface area contributed by atoms with Gasteiger partial charge in [0.2, 0.25) is 0 Å². The third-order valence-corrected chi connectivity index (χ3v) is 3.69. The Bertz CT molecular complexity index is 698. The third-order valence-electron chi connectivity index (χ3n) is 3.44. The summed E-state index contributed by atoms with van der Waals surface area (Å²) in [4.78, 5) is 8.15. The second-order valence-electron chi connectivity index (χ2n) is 5.03. The van der Waals surface area contributed by atoms with Crippen LogP contribution in [0.5, 0.6) is 11.5 Å². The maximum atomic E-state index is 13.6. The van der Waals surface area contributed by atoms with E-state index in [9.17, 15) is 4.39 Å². The van der Waals surface area contributed by atoms with Crippen LogP contribution in [0.15, 0.2) is 12.1 Å². The summed E-state index contributed by atoms with van der Waals surface area (Å²) in [5.41, 5.74) is 1.91. The van der Waals surface area contributed by atoms with Crippen molar-refractivity contribution in [3.63, 3.8) is 0 Å². The van der Waals surface area contributed by atoms with Crippen LogP contribution in [0.2, 0.25) is 5.15 Å². The zero-order valence-corrected chi connectivity index (χ0v) is 12.7. The normalized spacial score (nSPS) is 16.5. The monoisotopic (exact) mass is 308 g/mol. The van der Waals surface area contributed by atoms with Crippen LogP contribution in [0.4, 0.5) is 4.39 Å². The summed E-state index contributed by atoms with van der Waals surface area (Å²) in [6, 6.07) is 3.73. The van der Waals surface area contributed by atoms with Gasteiger partial charge in [-0.25, -0.2) is 14.4 Å². The average Bonchev–Trinajstić information content (AvgIpc) is 2.81. The molecule has 1 aliphatic rings. The summed E-state index contributed by atoms with van der Waals surface area (Å²) in [6.07, 6.45) is 0.954. The van der Waals surface area contributed by atoms with Crippen LogP contribution >= 0.6 is 11.6 Å². The Kier molecular flexibility index (Phi) is 3.45. The minimum absolute atomic E-state index is 0.124. The van der Waals surface area contributed by atoms with E-state index >= 15 is 0 Å². The number of aryl methyl sites for hydroxylation is 1. The fourth-order valence-electron chi connectivity index (χ4n) is 2.43. The van der Waals surface area contributed by atoms with Gasteiger partial charge in [-0.2, -0.15) is 0 Å². The van der Waals surface area contributed by atoms with Crippen LogP contribution in [0.25, 0.3) is 11.4 Å².